The van der Waals surface area contributed by atoms with Crippen molar-refractivity contribution < 1.29 is 28.0 Å². The topological polar surface area (TPSA) is 134 Å². The third-order valence-electron chi connectivity index (χ3n) is 4.12. The third-order valence-corrected chi connectivity index (χ3v) is 6.95. The van der Waals surface area contributed by atoms with E-state index < -0.39 is 22.0 Å². The Labute approximate surface area is 195 Å². The van der Waals surface area contributed by atoms with Gasteiger partial charge in [0.25, 0.3) is 11.8 Å². The minimum absolute atomic E-state index is 0.0287. The number of ether oxygens (including phenoxy) is 1. The van der Waals surface area contributed by atoms with Crippen molar-refractivity contribution in [2.45, 2.75) is 30.7 Å². The molecule has 0 aliphatic rings. The maximum Gasteiger partial charge on any atom is 0.262 e. The summed E-state index contributed by atoms with van der Waals surface area (Å²) in [6, 6.07) is 5.96. The first-order chi connectivity index (χ1) is 15.3. The van der Waals surface area contributed by atoms with Gasteiger partial charge in [0.1, 0.15) is 23.3 Å². The van der Waals surface area contributed by atoms with Gasteiger partial charge >= 0.3 is 0 Å². The molecule has 1 aromatic heterocycles. The van der Waals surface area contributed by atoms with E-state index in [1.165, 1.54) is 41.1 Å². The van der Waals surface area contributed by atoms with Crippen LogP contribution in [-0.4, -0.2) is 44.6 Å². The average molecular weight is 500 g/mol. The summed E-state index contributed by atoms with van der Waals surface area (Å²) in [6.07, 6.45) is 0.293. The molecule has 0 fully saturated rings. The molecule has 0 spiro atoms. The molecule has 0 radical (unpaired) electrons. The lowest BCUT2D eigenvalue weighted by molar-refractivity contribution is -0.131. The minimum Gasteiger partial charge on any atom is -0.481 e. The van der Waals surface area contributed by atoms with Crippen LogP contribution < -0.4 is 20.3 Å². The van der Waals surface area contributed by atoms with Gasteiger partial charge in [-0.05, 0) is 55.5 Å². The van der Waals surface area contributed by atoms with E-state index >= 15 is 0 Å². The van der Waals surface area contributed by atoms with Crippen molar-refractivity contribution in [3.05, 3.63) is 45.6 Å². The summed E-state index contributed by atoms with van der Waals surface area (Å²) in [7, 11) is -4.06. The Hall–Kier alpha value is -2.62. The summed E-state index contributed by atoms with van der Waals surface area (Å²) in [5.41, 5.74) is 1.45. The molecular weight excluding hydrogens is 478 g/mol. The molecule has 1 heterocycles. The molecule has 32 heavy (non-hydrogen) atoms. The quantitative estimate of drug-likeness (QED) is 0.162. The number of hydrogen-bond acceptors (Lipinski definition) is 7. The van der Waals surface area contributed by atoms with Crippen LogP contribution in [-0.2, 0) is 14.8 Å². The minimum atomic E-state index is -4.06. The molecule has 1 aromatic carbocycles. The van der Waals surface area contributed by atoms with Crippen molar-refractivity contribution in [1.82, 2.24) is 15.5 Å². The fourth-order valence-electron chi connectivity index (χ4n) is 2.53. The Kier molecular flexibility index (Phi) is 9.96. The molecule has 4 N–H and O–H groups in total. The Morgan fingerprint density at radius 2 is 1.97 bits per heavy atom. The number of hydroxylamine groups is 1. The highest BCUT2D eigenvalue weighted by atomic mass is 35.5. The van der Waals surface area contributed by atoms with Gasteiger partial charge in [0.05, 0.1) is 9.92 Å². The fraction of sp³-hybridized carbons (Fsp3) is 0.300. The summed E-state index contributed by atoms with van der Waals surface area (Å²) < 4.78 is 32.9. The summed E-state index contributed by atoms with van der Waals surface area (Å²) in [4.78, 5) is 24.3. The number of sulfonamides is 1. The molecule has 2 aromatic rings. The van der Waals surface area contributed by atoms with Crippen molar-refractivity contribution in [3.63, 3.8) is 0 Å². The lowest BCUT2D eigenvalue weighted by Gasteiger charge is -2.17. The van der Waals surface area contributed by atoms with Gasteiger partial charge in [-0.3, -0.25) is 14.8 Å². The largest absolute Gasteiger partial charge is 0.481 e. The van der Waals surface area contributed by atoms with Crippen molar-refractivity contribution in [2.75, 3.05) is 13.2 Å². The molecule has 0 aliphatic carbocycles. The second-order valence-corrected chi connectivity index (χ2v) is 9.37. The molecule has 2 amide bonds. The monoisotopic (exact) mass is 499 g/mol. The first-order valence-electron chi connectivity index (χ1n) is 9.38. The molecule has 0 saturated heterocycles. The standard InChI is InChI=1S/C20H22ClN3O6S2/c1-2-3-12-30-14-6-8-15(9-7-14)32(28,29)24-17(19(25)23-27)5-4-11-22-20(26)18-16(21)10-13-31-18/h6-10,13,17,24,27H,4-5,11-12H2,1H3,(H,22,26)(H,23,25)/t17-/m1/s1. The second-order valence-electron chi connectivity index (χ2n) is 6.33. The van der Waals surface area contributed by atoms with Crippen LogP contribution in [0, 0.1) is 11.8 Å². The number of rotatable bonds is 11. The van der Waals surface area contributed by atoms with Crippen LogP contribution in [0.15, 0.2) is 40.6 Å². The molecule has 0 saturated carbocycles. The lowest BCUT2D eigenvalue weighted by Crippen LogP contribution is -2.46. The van der Waals surface area contributed by atoms with Crippen molar-refractivity contribution in [1.29, 1.82) is 0 Å². The third kappa shape index (κ3) is 7.51. The first kappa shape index (κ1) is 25.6. The van der Waals surface area contributed by atoms with E-state index in [1.54, 1.807) is 18.4 Å². The summed E-state index contributed by atoms with van der Waals surface area (Å²) in [5, 5.41) is 13.6. The lowest BCUT2D eigenvalue weighted by atomic mass is 10.1. The number of hydrogen-bond donors (Lipinski definition) is 4. The number of halogens is 1. The Balaban J connectivity index is 1.95. The van der Waals surface area contributed by atoms with E-state index in [0.29, 0.717) is 15.6 Å². The number of thiophene rings is 1. The van der Waals surface area contributed by atoms with Gasteiger partial charge in [-0.1, -0.05) is 17.5 Å². The van der Waals surface area contributed by atoms with Gasteiger partial charge < -0.3 is 10.1 Å². The molecule has 1 atom stereocenters. The Morgan fingerprint density at radius 3 is 2.56 bits per heavy atom. The van der Waals surface area contributed by atoms with Crippen molar-refractivity contribution in [3.8, 4) is 17.6 Å². The summed E-state index contributed by atoms with van der Waals surface area (Å²) in [5.74, 6) is 4.57. The van der Waals surface area contributed by atoms with Gasteiger partial charge in [0.15, 0.2) is 0 Å². The molecule has 172 valence electrons. The average Bonchev–Trinajstić information content (AvgIpc) is 3.21. The molecule has 0 aliphatic heterocycles. The summed E-state index contributed by atoms with van der Waals surface area (Å²) in [6.45, 7) is 2.03. The molecule has 0 bridgehead atoms. The predicted molar refractivity (Wildman–Crippen MR) is 120 cm³/mol. The second kappa shape index (κ2) is 12.4. The number of carbonyl (C=O) groups excluding carboxylic acids is 2. The maximum atomic E-state index is 12.6. The van der Waals surface area contributed by atoms with E-state index in [4.69, 9.17) is 21.5 Å². The number of amides is 2. The van der Waals surface area contributed by atoms with Gasteiger partial charge in [-0.2, -0.15) is 4.72 Å². The molecule has 9 nitrogen and oxygen atoms in total. The van der Waals surface area contributed by atoms with Gasteiger partial charge in [-0.15, -0.1) is 17.3 Å². The van der Waals surface area contributed by atoms with Crippen LogP contribution >= 0.6 is 22.9 Å². The Morgan fingerprint density at radius 1 is 1.25 bits per heavy atom. The Bertz CT molecular complexity index is 1090. The van der Waals surface area contributed by atoms with Crippen molar-refractivity contribution in [2.24, 2.45) is 0 Å². The van der Waals surface area contributed by atoms with Gasteiger partial charge in [0, 0.05) is 6.54 Å². The normalized spacial score (nSPS) is 11.7. The summed E-state index contributed by atoms with van der Waals surface area (Å²) >= 11 is 7.10. The van der Waals surface area contributed by atoms with Crippen LogP contribution in [0.3, 0.4) is 0 Å². The zero-order valence-corrected chi connectivity index (χ0v) is 19.4. The van der Waals surface area contributed by atoms with E-state index in [9.17, 15) is 18.0 Å². The maximum absolute atomic E-state index is 12.6. The number of benzene rings is 1. The van der Waals surface area contributed by atoms with Crippen molar-refractivity contribution >= 4 is 44.8 Å². The van der Waals surface area contributed by atoms with E-state index in [0.717, 1.165) is 0 Å². The highest BCUT2D eigenvalue weighted by Gasteiger charge is 2.25. The van der Waals surface area contributed by atoms with Crippen LogP contribution in [0.1, 0.15) is 29.4 Å². The molecule has 0 unspecified atom stereocenters. The van der Waals surface area contributed by atoms with Crippen LogP contribution in [0.2, 0.25) is 5.02 Å². The highest BCUT2D eigenvalue weighted by Crippen LogP contribution is 2.21. The highest BCUT2D eigenvalue weighted by molar-refractivity contribution is 7.89. The van der Waals surface area contributed by atoms with Crippen LogP contribution in [0.4, 0.5) is 0 Å². The number of nitrogens with one attached hydrogen (secondary N) is 3. The SMILES string of the molecule is CC#CCOc1ccc(S(=O)(=O)N[C@H](CCCNC(=O)c2sccc2Cl)C(=O)NO)cc1. The smallest absolute Gasteiger partial charge is 0.262 e. The molecular formula is C20H22ClN3O6S2. The van der Waals surface area contributed by atoms with Crippen LogP contribution in [0.5, 0.6) is 5.75 Å². The predicted octanol–water partition coefficient (Wildman–Crippen LogP) is 2.17. The first-order valence-corrected chi connectivity index (χ1v) is 12.1. The molecule has 2 rings (SSSR count). The fourth-order valence-corrected chi connectivity index (χ4v) is 4.81. The van der Waals surface area contributed by atoms with E-state index in [1.807, 2.05) is 0 Å². The molecule has 12 heteroatoms. The van der Waals surface area contributed by atoms with E-state index in [2.05, 4.69) is 21.9 Å². The van der Waals surface area contributed by atoms with Gasteiger partial charge in [0.2, 0.25) is 10.0 Å². The van der Waals surface area contributed by atoms with E-state index in [-0.39, 0.29) is 36.8 Å². The number of carbonyl (C=O) groups is 2. The zero-order chi connectivity index (χ0) is 23.6. The van der Waals surface area contributed by atoms with Crippen LogP contribution in [0.25, 0.3) is 0 Å². The zero-order valence-electron chi connectivity index (χ0n) is 17.1. The van der Waals surface area contributed by atoms with Gasteiger partial charge in [-0.25, -0.2) is 13.9 Å².